The largest absolute Gasteiger partial charge is 0.380 e. The molecule has 2 nitrogen and oxygen atoms in total. The minimum Gasteiger partial charge on any atom is -0.380 e. The van der Waals surface area contributed by atoms with Crippen LogP contribution in [0.1, 0.15) is 5.56 Å². The molecule has 0 aliphatic carbocycles. The van der Waals surface area contributed by atoms with Crippen LogP contribution in [-0.2, 0) is 13.6 Å². The van der Waals surface area contributed by atoms with Crippen LogP contribution in [0.3, 0.4) is 0 Å². The number of aromatic nitrogens is 1. The molecule has 0 fully saturated rings. The van der Waals surface area contributed by atoms with Crippen LogP contribution in [0.25, 0.3) is 10.9 Å². The Bertz CT molecular complexity index is 653. The van der Waals surface area contributed by atoms with Crippen LogP contribution in [0.2, 0.25) is 0 Å². The number of hydrogen-bond acceptors (Lipinski definition) is 1. The van der Waals surface area contributed by atoms with Crippen LogP contribution in [0.4, 0.5) is 5.69 Å². The molecule has 2 heteroatoms. The number of aryl methyl sites for hydroxylation is 1. The first-order chi connectivity index (χ1) is 8.84. The average molecular weight is 236 g/mol. The Labute approximate surface area is 107 Å². The van der Waals surface area contributed by atoms with Crippen molar-refractivity contribution in [3.63, 3.8) is 0 Å². The fourth-order valence-electron chi connectivity index (χ4n) is 2.25. The molecule has 0 atom stereocenters. The lowest BCUT2D eigenvalue weighted by Crippen LogP contribution is -1.99. The number of nitrogens with one attached hydrogen (secondary N) is 1. The van der Waals surface area contributed by atoms with Crippen molar-refractivity contribution in [2.24, 2.45) is 7.05 Å². The van der Waals surface area contributed by atoms with E-state index in [4.69, 9.17) is 0 Å². The first kappa shape index (κ1) is 10.9. The second kappa shape index (κ2) is 4.57. The third kappa shape index (κ3) is 1.97. The van der Waals surface area contributed by atoms with Crippen molar-refractivity contribution in [1.29, 1.82) is 0 Å². The summed E-state index contributed by atoms with van der Waals surface area (Å²) in [4.78, 5) is 0. The van der Waals surface area contributed by atoms with E-state index in [1.807, 2.05) is 6.07 Å². The zero-order valence-electron chi connectivity index (χ0n) is 10.4. The molecule has 0 saturated carbocycles. The van der Waals surface area contributed by atoms with E-state index in [1.165, 1.54) is 22.2 Å². The first-order valence-electron chi connectivity index (χ1n) is 6.16. The summed E-state index contributed by atoms with van der Waals surface area (Å²) in [6.07, 6.45) is 2.10. The zero-order valence-corrected chi connectivity index (χ0v) is 10.4. The van der Waals surface area contributed by atoms with Gasteiger partial charge in [0, 0.05) is 36.4 Å². The third-order valence-electron chi connectivity index (χ3n) is 3.25. The van der Waals surface area contributed by atoms with Crippen molar-refractivity contribution in [2.75, 3.05) is 5.32 Å². The van der Waals surface area contributed by atoms with E-state index in [9.17, 15) is 0 Å². The highest BCUT2D eigenvalue weighted by Crippen LogP contribution is 2.24. The highest BCUT2D eigenvalue weighted by Gasteiger charge is 2.02. The highest BCUT2D eigenvalue weighted by atomic mass is 14.9. The van der Waals surface area contributed by atoms with E-state index in [1.54, 1.807) is 0 Å². The number of fused-ring (bicyclic) bond motifs is 1. The van der Waals surface area contributed by atoms with Crippen LogP contribution in [0, 0.1) is 0 Å². The lowest BCUT2D eigenvalue weighted by Gasteiger charge is -2.08. The minimum absolute atomic E-state index is 0.856. The molecule has 18 heavy (non-hydrogen) atoms. The molecule has 0 aliphatic heterocycles. The van der Waals surface area contributed by atoms with Gasteiger partial charge < -0.3 is 9.88 Å². The van der Waals surface area contributed by atoms with E-state index >= 15 is 0 Å². The van der Waals surface area contributed by atoms with Gasteiger partial charge in [0.25, 0.3) is 0 Å². The summed E-state index contributed by atoms with van der Waals surface area (Å²) in [5, 5.41) is 4.78. The van der Waals surface area contributed by atoms with Gasteiger partial charge in [0.1, 0.15) is 0 Å². The predicted octanol–water partition coefficient (Wildman–Crippen LogP) is 3.79. The lowest BCUT2D eigenvalue weighted by atomic mass is 10.2. The number of hydrogen-bond donors (Lipinski definition) is 1. The Morgan fingerprint density at radius 1 is 0.944 bits per heavy atom. The molecule has 1 aromatic heterocycles. The Kier molecular flexibility index (Phi) is 2.77. The molecule has 3 aromatic rings. The molecule has 1 heterocycles. The highest BCUT2D eigenvalue weighted by molar-refractivity contribution is 5.92. The molecule has 0 amide bonds. The molecule has 0 bridgehead atoms. The molecule has 0 aliphatic rings. The smallest absolute Gasteiger partial charge is 0.0498 e. The second-order valence-corrected chi connectivity index (χ2v) is 4.50. The standard InChI is InChI=1S/C16H16N2/c1-18-11-10-14-15(8-5-9-16(14)18)17-12-13-6-3-2-4-7-13/h2-11,17H,12H2,1H3. The maximum atomic E-state index is 3.50. The Hall–Kier alpha value is -2.22. The van der Waals surface area contributed by atoms with Gasteiger partial charge in [-0.3, -0.25) is 0 Å². The maximum Gasteiger partial charge on any atom is 0.0498 e. The van der Waals surface area contributed by atoms with Crippen molar-refractivity contribution in [1.82, 2.24) is 4.57 Å². The molecule has 2 aromatic carbocycles. The van der Waals surface area contributed by atoms with E-state index < -0.39 is 0 Å². The predicted molar refractivity (Wildman–Crippen MR) is 76.7 cm³/mol. The van der Waals surface area contributed by atoms with Crippen molar-refractivity contribution in [2.45, 2.75) is 6.54 Å². The van der Waals surface area contributed by atoms with E-state index in [-0.39, 0.29) is 0 Å². The SMILES string of the molecule is Cn1ccc2c(NCc3ccccc3)cccc21. The van der Waals surface area contributed by atoms with Crippen molar-refractivity contribution >= 4 is 16.6 Å². The number of rotatable bonds is 3. The summed E-state index contributed by atoms with van der Waals surface area (Å²) in [5.41, 5.74) is 3.75. The summed E-state index contributed by atoms with van der Waals surface area (Å²) in [6, 6.07) is 19.0. The summed E-state index contributed by atoms with van der Waals surface area (Å²) in [5.74, 6) is 0. The Balaban J connectivity index is 1.87. The van der Waals surface area contributed by atoms with E-state index in [2.05, 4.69) is 71.7 Å². The quantitative estimate of drug-likeness (QED) is 0.732. The van der Waals surface area contributed by atoms with Crippen molar-refractivity contribution < 1.29 is 0 Å². The summed E-state index contributed by atoms with van der Waals surface area (Å²) in [6.45, 7) is 0.856. The second-order valence-electron chi connectivity index (χ2n) is 4.50. The monoisotopic (exact) mass is 236 g/mol. The Morgan fingerprint density at radius 3 is 2.61 bits per heavy atom. The van der Waals surface area contributed by atoms with Gasteiger partial charge in [-0.05, 0) is 23.8 Å². The molecule has 90 valence electrons. The molecule has 3 rings (SSSR count). The van der Waals surface area contributed by atoms with Gasteiger partial charge in [-0.1, -0.05) is 36.4 Å². The molecule has 0 spiro atoms. The maximum absolute atomic E-state index is 3.50. The Morgan fingerprint density at radius 2 is 1.78 bits per heavy atom. The van der Waals surface area contributed by atoms with Gasteiger partial charge in [-0.25, -0.2) is 0 Å². The third-order valence-corrected chi connectivity index (χ3v) is 3.25. The van der Waals surface area contributed by atoms with Gasteiger partial charge in [0.2, 0.25) is 0 Å². The number of anilines is 1. The van der Waals surface area contributed by atoms with E-state index in [0.29, 0.717) is 0 Å². The average Bonchev–Trinajstić information content (AvgIpc) is 2.80. The fraction of sp³-hybridized carbons (Fsp3) is 0.125. The molecule has 0 radical (unpaired) electrons. The van der Waals surface area contributed by atoms with Crippen LogP contribution < -0.4 is 5.32 Å². The summed E-state index contributed by atoms with van der Waals surface area (Å²) in [7, 11) is 2.07. The molecule has 0 saturated heterocycles. The van der Waals surface area contributed by atoms with Gasteiger partial charge in [0.15, 0.2) is 0 Å². The van der Waals surface area contributed by atoms with Gasteiger partial charge in [0.05, 0.1) is 0 Å². The molecule has 0 unspecified atom stereocenters. The van der Waals surface area contributed by atoms with Crippen LogP contribution in [-0.4, -0.2) is 4.57 Å². The van der Waals surface area contributed by atoms with Crippen molar-refractivity contribution in [3.05, 3.63) is 66.4 Å². The zero-order chi connectivity index (χ0) is 12.4. The molecular formula is C16H16N2. The van der Waals surface area contributed by atoms with Gasteiger partial charge >= 0.3 is 0 Å². The first-order valence-corrected chi connectivity index (χ1v) is 6.16. The molecular weight excluding hydrogens is 220 g/mol. The molecule has 1 N–H and O–H groups in total. The summed E-state index contributed by atoms with van der Waals surface area (Å²) < 4.78 is 2.14. The van der Waals surface area contributed by atoms with Crippen LogP contribution in [0.15, 0.2) is 60.8 Å². The minimum atomic E-state index is 0.856. The summed E-state index contributed by atoms with van der Waals surface area (Å²) >= 11 is 0. The topological polar surface area (TPSA) is 17.0 Å². The van der Waals surface area contributed by atoms with Crippen LogP contribution >= 0.6 is 0 Å². The van der Waals surface area contributed by atoms with Gasteiger partial charge in [-0.15, -0.1) is 0 Å². The normalized spacial score (nSPS) is 10.7. The lowest BCUT2D eigenvalue weighted by molar-refractivity contribution is 0.969. The van der Waals surface area contributed by atoms with Crippen molar-refractivity contribution in [3.8, 4) is 0 Å². The number of nitrogens with zero attached hydrogens (tertiary/aromatic N) is 1. The van der Waals surface area contributed by atoms with E-state index in [0.717, 1.165) is 6.54 Å². The van der Waals surface area contributed by atoms with Gasteiger partial charge in [-0.2, -0.15) is 0 Å². The number of benzene rings is 2. The fourth-order valence-corrected chi connectivity index (χ4v) is 2.25. The van der Waals surface area contributed by atoms with Crippen LogP contribution in [0.5, 0.6) is 0 Å².